The maximum absolute atomic E-state index is 13.6. The highest BCUT2D eigenvalue weighted by molar-refractivity contribution is 6.03. The van der Waals surface area contributed by atoms with Crippen molar-refractivity contribution in [2.45, 2.75) is 6.54 Å². The Balaban J connectivity index is 1.69. The normalized spacial score (nSPS) is 10.4. The van der Waals surface area contributed by atoms with Gasteiger partial charge in [-0.15, -0.1) is 0 Å². The summed E-state index contributed by atoms with van der Waals surface area (Å²) in [5.41, 5.74) is 1.55. The van der Waals surface area contributed by atoms with Crippen molar-refractivity contribution < 1.29 is 9.18 Å². The van der Waals surface area contributed by atoms with Gasteiger partial charge in [-0.25, -0.2) is 4.39 Å². The molecule has 22 heavy (non-hydrogen) atoms. The SMILES string of the molecule is O=C(Nc1cnn(Cc2ccccc2F)c1)c1cccnc1. The van der Waals surface area contributed by atoms with Crippen molar-refractivity contribution in [1.82, 2.24) is 14.8 Å². The third-order valence-electron chi connectivity index (χ3n) is 3.11. The predicted molar refractivity (Wildman–Crippen MR) is 79.9 cm³/mol. The largest absolute Gasteiger partial charge is 0.319 e. The molecule has 0 bridgehead atoms. The van der Waals surface area contributed by atoms with E-state index in [1.54, 1.807) is 47.4 Å². The Kier molecular flexibility index (Phi) is 3.91. The molecule has 0 saturated heterocycles. The van der Waals surface area contributed by atoms with E-state index in [1.807, 2.05) is 0 Å². The molecule has 0 fully saturated rings. The quantitative estimate of drug-likeness (QED) is 0.805. The van der Waals surface area contributed by atoms with Crippen LogP contribution in [0.5, 0.6) is 0 Å². The number of pyridine rings is 1. The van der Waals surface area contributed by atoms with E-state index in [9.17, 15) is 9.18 Å². The number of anilines is 1. The summed E-state index contributed by atoms with van der Waals surface area (Å²) in [4.78, 5) is 15.9. The minimum atomic E-state index is -0.279. The number of hydrogen-bond acceptors (Lipinski definition) is 3. The zero-order chi connectivity index (χ0) is 15.4. The fraction of sp³-hybridized carbons (Fsp3) is 0.0625. The first-order valence-electron chi connectivity index (χ1n) is 6.69. The van der Waals surface area contributed by atoms with E-state index in [4.69, 9.17) is 0 Å². The molecule has 3 aromatic rings. The maximum Gasteiger partial charge on any atom is 0.257 e. The molecule has 6 heteroatoms. The van der Waals surface area contributed by atoms with Gasteiger partial charge < -0.3 is 5.32 Å². The number of carbonyl (C=O) groups is 1. The van der Waals surface area contributed by atoms with Gasteiger partial charge in [0.1, 0.15) is 5.82 Å². The number of rotatable bonds is 4. The van der Waals surface area contributed by atoms with Crippen molar-refractivity contribution in [3.05, 3.63) is 78.1 Å². The minimum Gasteiger partial charge on any atom is -0.319 e. The fourth-order valence-electron chi connectivity index (χ4n) is 2.02. The summed E-state index contributed by atoms with van der Waals surface area (Å²) in [6.45, 7) is 0.301. The van der Waals surface area contributed by atoms with E-state index in [-0.39, 0.29) is 11.7 Å². The Morgan fingerprint density at radius 2 is 2.05 bits per heavy atom. The molecule has 2 heterocycles. The van der Waals surface area contributed by atoms with Crippen molar-refractivity contribution in [2.75, 3.05) is 5.32 Å². The lowest BCUT2D eigenvalue weighted by Crippen LogP contribution is -2.11. The van der Waals surface area contributed by atoms with Crippen molar-refractivity contribution in [2.24, 2.45) is 0 Å². The van der Waals surface area contributed by atoms with Crippen LogP contribution in [-0.2, 0) is 6.54 Å². The molecule has 1 aromatic carbocycles. The maximum atomic E-state index is 13.6. The van der Waals surface area contributed by atoms with Gasteiger partial charge >= 0.3 is 0 Å². The zero-order valence-corrected chi connectivity index (χ0v) is 11.6. The van der Waals surface area contributed by atoms with Crippen LogP contribution in [0, 0.1) is 5.82 Å². The highest BCUT2D eigenvalue weighted by Crippen LogP contribution is 2.12. The molecule has 0 saturated carbocycles. The summed E-state index contributed by atoms with van der Waals surface area (Å²) >= 11 is 0. The molecule has 0 aliphatic rings. The van der Waals surface area contributed by atoms with E-state index in [0.29, 0.717) is 23.4 Å². The number of aromatic nitrogens is 3. The van der Waals surface area contributed by atoms with Crippen LogP contribution in [0.15, 0.2) is 61.2 Å². The van der Waals surface area contributed by atoms with Gasteiger partial charge in [-0.3, -0.25) is 14.5 Å². The first-order chi connectivity index (χ1) is 10.7. The monoisotopic (exact) mass is 296 g/mol. The van der Waals surface area contributed by atoms with Crippen LogP contribution in [-0.4, -0.2) is 20.7 Å². The summed E-state index contributed by atoms with van der Waals surface area (Å²) in [5.74, 6) is -0.544. The van der Waals surface area contributed by atoms with Crippen molar-refractivity contribution in [3.8, 4) is 0 Å². The molecule has 5 nitrogen and oxygen atoms in total. The average Bonchev–Trinajstić information content (AvgIpc) is 2.97. The molecular weight excluding hydrogens is 283 g/mol. The van der Waals surface area contributed by atoms with Gasteiger partial charge in [-0.1, -0.05) is 18.2 Å². The van der Waals surface area contributed by atoms with Crippen molar-refractivity contribution in [1.29, 1.82) is 0 Å². The predicted octanol–water partition coefficient (Wildman–Crippen LogP) is 2.72. The van der Waals surface area contributed by atoms with E-state index in [0.717, 1.165) is 0 Å². The molecule has 0 aliphatic heterocycles. The van der Waals surface area contributed by atoms with Gasteiger partial charge in [0.2, 0.25) is 0 Å². The third kappa shape index (κ3) is 3.17. The number of nitrogens with zero attached hydrogens (tertiary/aromatic N) is 3. The second kappa shape index (κ2) is 6.17. The highest BCUT2D eigenvalue weighted by atomic mass is 19.1. The summed E-state index contributed by atoms with van der Waals surface area (Å²) in [7, 11) is 0. The van der Waals surface area contributed by atoms with Crippen molar-refractivity contribution >= 4 is 11.6 Å². The molecule has 3 rings (SSSR count). The summed E-state index contributed by atoms with van der Waals surface area (Å²) in [6.07, 6.45) is 6.26. The topological polar surface area (TPSA) is 59.8 Å². The van der Waals surface area contributed by atoms with Crippen LogP contribution in [0.1, 0.15) is 15.9 Å². The smallest absolute Gasteiger partial charge is 0.257 e. The van der Waals surface area contributed by atoms with Crippen LogP contribution in [0.3, 0.4) is 0 Å². The Morgan fingerprint density at radius 1 is 1.18 bits per heavy atom. The molecular formula is C16H13FN4O. The van der Waals surface area contributed by atoms with Crippen LogP contribution in [0.4, 0.5) is 10.1 Å². The second-order valence-electron chi connectivity index (χ2n) is 4.71. The Hall–Kier alpha value is -3.02. The Morgan fingerprint density at radius 3 is 2.82 bits per heavy atom. The fourth-order valence-corrected chi connectivity index (χ4v) is 2.02. The Labute approximate surface area is 126 Å². The standard InChI is InChI=1S/C16H13FN4O/c17-15-6-2-1-4-13(15)10-21-11-14(9-19-21)20-16(22)12-5-3-7-18-8-12/h1-9,11H,10H2,(H,20,22). The number of nitrogens with one attached hydrogen (secondary N) is 1. The minimum absolute atomic E-state index is 0.265. The highest BCUT2D eigenvalue weighted by Gasteiger charge is 2.08. The number of hydrogen-bond donors (Lipinski definition) is 1. The average molecular weight is 296 g/mol. The number of benzene rings is 1. The number of halogens is 1. The molecule has 0 spiro atoms. The lowest BCUT2D eigenvalue weighted by Gasteiger charge is -2.03. The van der Waals surface area contributed by atoms with Gasteiger partial charge in [0.05, 0.1) is 24.0 Å². The van der Waals surface area contributed by atoms with Crippen LogP contribution in [0.2, 0.25) is 0 Å². The van der Waals surface area contributed by atoms with E-state index >= 15 is 0 Å². The van der Waals surface area contributed by atoms with Gasteiger partial charge in [0.25, 0.3) is 5.91 Å². The summed E-state index contributed by atoms with van der Waals surface area (Å²) in [6, 6.07) is 9.88. The van der Waals surface area contributed by atoms with Crippen LogP contribution >= 0.6 is 0 Å². The Bertz CT molecular complexity index is 786. The van der Waals surface area contributed by atoms with E-state index < -0.39 is 0 Å². The third-order valence-corrected chi connectivity index (χ3v) is 3.11. The van der Waals surface area contributed by atoms with Crippen LogP contribution < -0.4 is 5.32 Å². The lowest BCUT2D eigenvalue weighted by atomic mass is 10.2. The molecule has 0 atom stereocenters. The van der Waals surface area contributed by atoms with Crippen LogP contribution in [0.25, 0.3) is 0 Å². The first-order valence-corrected chi connectivity index (χ1v) is 6.69. The molecule has 0 radical (unpaired) electrons. The van der Waals surface area contributed by atoms with Crippen molar-refractivity contribution in [3.63, 3.8) is 0 Å². The lowest BCUT2D eigenvalue weighted by molar-refractivity contribution is 0.102. The molecule has 2 aromatic heterocycles. The van der Waals surface area contributed by atoms with Gasteiger partial charge in [-0.05, 0) is 18.2 Å². The number of carbonyl (C=O) groups excluding carboxylic acids is 1. The van der Waals surface area contributed by atoms with Gasteiger partial charge in [0.15, 0.2) is 0 Å². The molecule has 1 N–H and O–H groups in total. The number of amides is 1. The molecule has 1 amide bonds. The van der Waals surface area contributed by atoms with Gasteiger partial charge in [0, 0.05) is 24.2 Å². The summed E-state index contributed by atoms with van der Waals surface area (Å²) in [5, 5.41) is 6.84. The van der Waals surface area contributed by atoms with Gasteiger partial charge in [-0.2, -0.15) is 5.10 Å². The molecule has 110 valence electrons. The molecule has 0 aliphatic carbocycles. The summed E-state index contributed by atoms with van der Waals surface area (Å²) < 4.78 is 15.2. The first kappa shape index (κ1) is 13.9. The molecule has 0 unspecified atom stereocenters. The zero-order valence-electron chi connectivity index (χ0n) is 11.6. The van der Waals surface area contributed by atoms with E-state index in [2.05, 4.69) is 15.4 Å². The second-order valence-corrected chi connectivity index (χ2v) is 4.71. The van der Waals surface area contributed by atoms with E-state index in [1.165, 1.54) is 18.5 Å².